The van der Waals surface area contributed by atoms with Crippen molar-refractivity contribution in [3.05, 3.63) is 11.6 Å². The number of esters is 1. The number of rotatable bonds is 3. The molecule has 0 radical (unpaired) electrons. The zero-order valence-corrected chi connectivity index (χ0v) is 16.2. The molecule has 0 aromatic rings. The Morgan fingerprint density at radius 1 is 1.26 bits per heavy atom. The van der Waals surface area contributed by atoms with Gasteiger partial charge < -0.3 is 19.3 Å². The molecule has 0 aromatic heterocycles. The second kappa shape index (κ2) is 5.53. The molecular weight excluding hydrogens is 356 g/mol. The highest BCUT2D eigenvalue weighted by Crippen LogP contribution is 2.74. The van der Waals surface area contributed by atoms with Gasteiger partial charge in [0.25, 0.3) is 0 Å². The van der Waals surface area contributed by atoms with E-state index in [2.05, 4.69) is 6.92 Å². The average molecular weight is 382 g/mol. The Morgan fingerprint density at radius 3 is 2.48 bits per heavy atom. The van der Waals surface area contributed by atoms with Gasteiger partial charge in [-0.2, -0.15) is 0 Å². The van der Waals surface area contributed by atoms with Gasteiger partial charge in [0.05, 0.1) is 12.7 Å². The minimum Gasteiger partial charge on any atom is -0.423 e. The second-order valence-corrected chi connectivity index (χ2v) is 8.62. The van der Waals surface area contributed by atoms with Gasteiger partial charge in [0.1, 0.15) is 11.7 Å². The van der Waals surface area contributed by atoms with Gasteiger partial charge in [-0.1, -0.05) is 25.5 Å². The third kappa shape index (κ3) is 2.12. The van der Waals surface area contributed by atoms with Crippen LogP contribution in [-0.4, -0.2) is 53.4 Å². The molecule has 0 aromatic carbocycles. The first-order valence-corrected chi connectivity index (χ1v) is 9.24. The van der Waals surface area contributed by atoms with E-state index >= 15 is 0 Å². The Morgan fingerprint density at radius 2 is 1.93 bits per heavy atom. The first-order chi connectivity index (χ1) is 12.5. The number of hydrogen-bond acceptors (Lipinski definition) is 8. The molecule has 0 unspecified atom stereocenters. The molecular formula is C19H26O8. The van der Waals surface area contributed by atoms with Crippen molar-refractivity contribution in [3.63, 3.8) is 0 Å². The summed E-state index contributed by atoms with van der Waals surface area (Å²) in [5.41, 5.74) is -1.02. The maximum Gasteiger partial charge on any atom is 0.339 e. The lowest BCUT2D eigenvalue weighted by Gasteiger charge is -2.56. The summed E-state index contributed by atoms with van der Waals surface area (Å²) >= 11 is 0. The minimum absolute atomic E-state index is 0.316. The van der Waals surface area contributed by atoms with E-state index in [0.717, 1.165) is 19.8 Å². The summed E-state index contributed by atoms with van der Waals surface area (Å²) in [6.07, 6.45) is 1.12. The molecule has 2 aliphatic carbocycles. The number of carbonyl (C=O) groups excluding carboxylic acids is 2. The minimum atomic E-state index is -2.00. The van der Waals surface area contributed by atoms with Gasteiger partial charge >= 0.3 is 17.7 Å². The summed E-state index contributed by atoms with van der Waals surface area (Å²) in [5.74, 6) is -3.41. The van der Waals surface area contributed by atoms with Gasteiger partial charge in [-0.25, -0.2) is 4.79 Å². The fourth-order valence-corrected chi connectivity index (χ4v) is 5.48. The van der Waals surface area contributed by atoms with Gasteiger partial charge in [0.2, 0.25) is 0 Å². The molecule has 8 nitrogen and oxygen atoms in total. The van der Waals surface area contributed by atoms with Crippen LogP contribution in [0.3, 0.4) is 0 Å². The van der Waals surface area contributed by atoms with Crippen LogP contribution in [0.15, 0.2) is 11.6 Å². The molecule has 4 aliphatic rings. The van der Waals surface area contributed by atoms with Gasteiger partial charge in [0.15, 0.2) is 6.10 Å². The summed E-state index contributed by atoms with van der Waals surface area (Å²) in [6, 6.07) is 0. The van der Waals surface area contributed by atoms with Crippen molar-refractivity contribution in [2.45, 2.75) is 77.2 Å². The van der Waals surface area contributed by atoms with Crippen LogP contribution in [-0.2, 0) is 33.6 Å². The van der Waals surface area contributed by atoms with Crippen molar-refractivity contribution >= 4 is 11.9 Å². The molecule has 8 heteroatoms. The van der Waals surface area contributed by atoms with Crippen LogP contribution in [0.25, 0.3) is 0 Å². The largest absolute Gasteiger partial charge is 0.423 e. The van der Waals surface area contributed by atoms with E-state index in [0.29, 0.717) is 6.61 Å². The van der Waals surface area contributed by atoms with E-state index in [1.165, 1.54) is 12.5 Å². The predicted molar refractivity (Wildman–Crippen MR) is 89.9 cm³/mol. The Bertz CT molecular complexity index is 727. The highest BCUT2D eigenvalue weighted by molar-refractivity contribution is 5.67. The first kappa shape index (κ1) is 18.9. The number of epoxide rings is 1. The Kier molecular flexibility index (Phi) is 3.86. The molecule has 7 atom stereocenters. The number of allylic oxidation sites excluding steroid dienone is 1. The number of fused-ring (bicyclic) bond motifs is 2. The number of ether oxygens (including phenoxy) is 3. The number of hydrogen-bond donors (Lipinski definition) is 1. The van der Waals surface area contributed by atoms with E-state index in [4.69, 9.17) is 24.0 Å². The highest BCUT2D eigenvalue weighted by Gasteiger charge is 2.90. The molecule has 0 amide bonds. The summed E-state index contributed by atoms with van der Waals surface area (Å²) in [5, 5.41) is 11.5. The maximum absolute atomic E-state index is 11.9. The van der Waals surface area contributed by atoms with E-state index < -0.39 is 46.4 Å². The monoisotopic (exact) mass is 382 g/mol. The van der Waals surface area contributed by atoms with E-state index in [9.17, 15) is 14.7 Å². The fourth-order valence-electron chi connectivity index (χ4n) is 5.48. The summed E-state index contributed by atoms with van der Waals surface area (Å²) in [4.78, 5) is 33.4. The Balaban J connectivity index is 1.87. The van der Waals surface area contributed by atoms with Crippen LogP contribution in [0.4, 0.5) is 0 Å². The van der Waals surface area contributed by atoms with Crippen LogP contribution in [0.1, 0.15) is 47.5 Å². The average Bonchev–Trinajstić information content (AvgIpc) is 3.36. The topological polar surface area (TPSA) is 104 Å². The molecule has 2 saturated heterocycles. The van der Waals surface area contributed by atoms with Gasteiger partial charge in [-0.05, 0) is 19.8 Å². The third-order valence-corrected chi connectivity index (χ3v) is 7.22. The maximum atomic E-state index is 11.9. The summed E-state index contributed by atoms with van der Waals surface area (Å²) in [7, 11) is 0. The molecule has 1 saturated carbocycles. The lowest BCUT2D eigenvalue weighted by Crippen LogP contribution is -2.63. The van der Waals surface area contributed by atoms with Crippen LogP contribution in [0, 0.1) is 10.8 Å². The molecule has 1 spiro atoms. The second-order valence-electron chi connectivity index (χ2n) is 8.62. The lowest BCUT2D eigenvalue weighted by molar-refractivity contribution is -0.428. The first-order valence-electron chi connectivity index (χ1n) is 9.24. The highest BCUT2D eigenvalue weighted by atomic mass is 17.2. The zero-order chi connectivity index (χ0) is 19.8. The van der Waals surface area contributed by atoms with Gasteiger partial charge in [0, 0.05) is 24.7 Å². The van der Waals surface area contributed by atoms with Crippen molar-refractivity contribution in [1.82, 2.24) is 0 Å². The molecule has 2 aliphatic heterocycles. The van der Waals surface area contributed by atoms with Gasteiger partial charge in [-0.3, -0.25) is 9.68 Å². The molecule has 1 N–H and O–H groups in total. The van der Waals surface area contributed by atoms with Crippen LogP contribution in [0.2, 0.25) is 0 Å². The van der Waals surface area contributed by atoms with Crippen LogP contribution < -0.4 is 0 Å². The number of aliphatic hydroxyl groups excluding tert-OH is 1. The van der Waals surface area contributed by atoms with Gasteiger partial charge in [-0.15, -0.1) is 4.89 Å². The summed E-state index contributed by atoms with van der Waals surface area (Å²) in [6.45, 7) is 8.71. The molecule has 2 heterocycles. The molecule has 3 fully saturated rings. The molecule has 2 bridgehead atoms. The quantitative estimate of drug-likeness (QED) is 0.195. The zero-order valence-electron chi connectivity index (χ0n) is 16.2. The van der Waals surface area contributed by atoms with Crippen molar-refractivity contribution in [3.8, 4) is 0 Å². The molecule has 27 heavy (non-hydrogen) atoms. The third-order valence-electron chi connectivity index (χ3n) is 7.22. The van der Waals surface area contributed by atoms with Crippen LogP contribution in [0.5, 0.6) is 0 Å². The fraction of sp³-hybridized carbons (Fsp3) is 0.789. The molecule has 150 valence electrons. The number of aliphatic hydroxyl groups is 1. The predicted octanol–water partition coefficient (Wildman–Crippen LogP) is 1.40. The van der Waals surface area contributed by atoms with Crippen molar-refractivity contribution in [1.29, 1.82) is 0 Å². The van der Waals surface area contributed by atoms with E-state index in [1.807, 2.05) is 19.9 Å². The Hall–Kier alpha value is -1.48. The lowest BCUT2D eigenvalue weighted by atomic mass is 9.52. The Labute approximate surface area is 157 Å². The molecule has 4 rings (SSSR count). The van der Waals surface area contributed by atoms with Crippen molar-refractivity contribution in [2.24, 2.45) is 10.8 Å². The van der Waals surface area contributed by atoms with Crippen molar-refractivity contribution < 1.29 is 38.7 Å². The normalized spacial score (nSPS) is 50.0. The summed E-state index contributed by atoms with van der Waals surface area (Å²) < 4.78 is 17.7. The SMILES string of the molecule is CC(=O)OO[C@]1(OC(C)=O)[C@@H](O)[C@]2(C)[C@@]3(C)CCC(C)=C[C@H]3O[C@H]1[C@@]21CO1. The standard InChI is InChI=1S/C19H26O8/c1-10-6-7-16(4)13(8-10)24-15-18(9-23-18)17(16,5)14(22)19(15,25-11(2)20)27-26-12(3)21/h8,13-15,22H,6-7,9H2,1-5H3/t13-,14+,15+,16+,17-,18+,19-/m1/s1. The smallest absolute Gasteiger partial charge is 0.339 e. The number of carbonyl (C=O) groups is 2. The van der Waals surface area contributed by atoms with Crippen molar-refractivity contribution in [2.75, 3.05) is 6.61 Å². The van der Waals surface area contributed by atoms with Crippen LogP contribution >= 0.6 is 0 Å². The van der Waals surface area contributed by atoms with E-state index in [-0.39, 0.29) is 6.10 Å². The van der Waals surface area contributed by atoms with E-state index in [1.54, 1.807) is 0 Å².